The molecule has 59 valence electrons. The van der Waals surface area contributed by atoms with E-state index in [1.807, 2.05) is 18.2 Å². The molecule has 0 aliphatic rings. The molecule has 1 heterocycles. The van der Waals surface area contributed by atoms with Crippen LogP contribution in [-0.2, 0) is 6.42 Å². The van der Waals surface area contributed by atoms with Crippen molar-refractivity contribution in [2.45, 2.75) is 6.42 Å². The van der Waals surface area contributed by atoms with Crippen LogP contribution in [0.5, 0.6) is 0 Å². The van der Waals surface area contributed by atoms with Gasteiger partial charge in [0, 0.05) is 6.42 Å². The number of hydrogen-bond acceptors (Lipinski definition) is 3. The fraction of sp³-hybridized carbons (Fsp3) is 0.111. The van der Waals surface area contributed by atoms with Crippen LogP contribution in [0.1, 0.15) is 10.6 Å². The smallest absolute Gasteiger partial charge is 0.211 e. The summed E-state index contributed by atoms with van der Waals surface area (Å²) in [5, 5.41) is 1.02. The highest BCUT2D eigenvalue weighted by atomic mass is 32.1. The van der Waals surface area contributed by atoms with E-state index >= 15 is 0 Å². The van der Waals surface area contributed by atoms with Crippen molar-refractivity contribution in [3.63, 3.8) is 0 Å². The summed E-state index contributed by atoms with van der Waals surface area (Å²) in [7, 11) is 0. The molecule has 0 fully saturated rings. The van der Waals surface area contributed by atoms with Crippen molar-refractivity contribution in [2.75, 3.05) is 0 Å². The fourth-order valence-electron chi connectivity index (χ4n) is 1.01. The van der Waals surface area contributed by atoms with Gasteiger partial charge in [0.2, 0.25) is 6.33 Å². The Bertz CT molecular complexity index is 329. The molecular formula is C9H7N2S. The number of benzene rings is 1. The fourth-order valence-corrected chi connectivity index (χ4v) is 1.51. The van der Waals surface area contributed by atoms with E-state index in [0.29, 0.717) is 0 Å². The summed E-state index contributed by atoms with van der Waals surface area (Å²) in [6.07, 6.45) is 3.43. The minimum atomic E-state index is 0.863. The molecule has 2 nitrogen and oxygen atoms in total. The lowest BCUT2D eigenvalue weighted by Crippen LogP contribution is -1.84. The molecule has 0 atom stereocenters. The van der Waals surface area contributed by atoms with Gasteiger partial charge in [-0.15, -0.1) is 0 Å². The second-order valence-corrected chi connectivity index (χ2v) is 3.29. The molecule has 0 unspecified atom stereocenters. The topological polar surface area (TPSA) is 25.8 Å². The van der Waals surface area contributed by atoms with E-state index in [9.17, 15) is 0 Å². The highest BCUT2D eigenvalue weighted by molar-refractivity contribution is 7.05. The lowest BCUT2D eigenvalue weighted by Gasteiger charge is -1.94. The van der Waals surface area contributed by atoms with Gasteiger partial charge in [0.1, 0.15) is 5.01 Å². The first-order chi connectivity index (χ1) is 5.95. The third-order valence-corrected chi connectivity index (χ3v) is 2.18. The molecule has 0 amide bonds. The monoisotopic (exact) mass is 175 g/mol. The van der Waals surface area contributed by atoms with Gasteiger partial charge in [0.15, 0.2) is 0 Å². The second kappa shape index (κ2) is 3.45. The summed E-state index contributed by atoms with van der Waals surface area (Å²) in [6.45, 7) is 0. The minimum Gasteiger partial charge on any atom is -0.217 e. The van der Waals surface area contributed by atoms with E-state index in [1.165, 1.54) is 17.1 Å². The maximum atomic E-state index is 3.99. The number of rotatable bonds is 2. The van der Waals surface area contributed by atoms with Crippen molar-refractivity contribution in [1.82, 2.24) is 9.36 Å². The van der Waals surface area contributed by atoms with Crippen molar-refractivity contribution >= 4 is 11.5 Å². The third-order valence-electron chi connectivity index (χ3n) is 1.56. The molecule has 1 aromatic heterocycles. The van der Waals surface area contributed by atoms with Crippen LogP contribution in [0.3, 0.4) is 0 Å². The van der Waals surface area contributed by atoms with Crippen LogP contribution < -0.4 is 0 Å². The molecule has 0 saturated heterocycles. The number of aromatic nitrogens is 2. The van der Waals surface area contributed by atoms with Crippen molar-refractivity contribution in [2.24, 2.45) is 0 Å². The summed E-state index contributed by atoms with van der Waals surface area (Å²) in [5.74, 6) is 0. The SMILES string of the molecule is [c]1nsc(Cc2ccccc2)n1. The zero-order chi connectivity index (χ0) is 8.23. The van der Waals surface area contributed by atoms with Gasteiger partial charge in [-0.05, 0) is 17.1 Å². The average Bonchev–Trinajstić information content (AvgIpc) is 2.59. The Morgan fingerprint density at radius 2 is 2.08 bits per heavy atom. The van der Waals surface area contributed by atoms with Gasteiger partial charge in [0.25, 0.3) is 0 Å². The lowest BCUT2D eigenvalue weighted by molar-refractivity contribution is 1.12. The Morgan fingerprint density at radius 3 is 2.75 bits per heavy atom. The molecule has 1 aromatic carbocycles. The Labute approximate surface area is 75.1 Å². The van der Waals surface area contributed by atoms with Crippen molar-refractivity contribution in [3.8, 4) is 0 Å². The summed E-state index contributed by atoms with van der Waals surface area (Å²) < 4.78 is 3.82. The summed E-state index contributed by atoms with van der Waals surface area (Å²) in [4.78, 5) is 3.99. The van der Waals surface area contributed by atoms with Crippen molar-refractivity contribution in [1.29, 1.82) is 0 Å². The first-order valence-electron chi connectivity index (χ1n) is 3.68. The van der Waals surface area contributed by atoms with Crippen LogP contribution in [-0.4, -0.2) is 9.36 Å². The number of nitrogens with zero attached hydrogens (tertiary/aromatic N) is 2. The Morgan fingerprint density at radius 1 is 1.25 bits per heavy atom. The van der Waals surface area contributed by atoms with E-state index in [4.69, 9.17) is 0 Å². The first kappa shape index (κ1) is 7.43. The van der Waals surface area contributed by atoms with Gasteiger partial charge in [0.05, 0.1) is 0 Å². The normalized spacial score (nSPS) is 10.0. The predicted octanol–water partition coefficient (Wildman–Crippen LogP) is 1.93. The standard InChI is InChI=1S/C9H7N2S/c1-2-4-8(5-3-1)6-9-10-7-11-12-9/h1-5H,6H2. The Hall–Kier alpha value is -1.22. The van der Waals surface area contributed by atoms with E-state index < -0.39 is 0 Å². The van der Waals surface area contributed by atoms with Gasteiger partial charge in [-0.1, -0.05) is 30.3 Å². The van der Waals surface area contributed by atoms with Crippen LogP contribution >= 0.6 is 11.5 Å². The van der Waals surface area contributed by atoms with Gasteiger partial charge in [-0.25, -0.2) is 4.98 Å². The molecule has 12 heavy (non-hydrogen) atoms. The van der Waals surface area contributed by atoms with Crippen LogP contribution in [0.4, 0.5) is 0 Å². The lowest BCUT2D eigenvalue weighted by atomic mass is 10.2. The van der Waals surface area contributed by atoms with Crippen LogP contribution in [0.2, 0.25) is 0 Å². The zero-order valence-corrected chi connectivity index (χ0v) is 7.21. The van der Waals surface area contributed by atoms with Gasteiger partial charge in [-0.2, -0.15) is 4.37 Å². The van der Waals surface area contributed by atoms with E-state index in [1.54, 1.807) is 0 Å². The highest BCUT2D eigenvalue weighted by Gasteiger charge is 1.97. The highest BCUT2D eigenvalue weighted by Crippen LogP contribution is 2.08. The predicted molar refractivity (Wildman–Crippen MR) is 48.0 cm³/mol. The molecule has 2 aromatic rings. The van der Waals surface area contributed by atoms with Gasteiger partial charge >= 0.3 is 0 Å². The minimum absolute atomic E-state index is 0.863. The molecule has 0 spiro atoms. The summed E-state index contributed by atoms with van der Waals surface area (Å²) in [6, 6.07) is 10.2. The molecule has 2 rings (SSSR count). The van der Waals surface area contributed by atoms with E-state index in [-0.39, 0.29) is 0 Å². The second-order valence-electron chi connectivity index (χ2n) is 2.45. The van der Waals surface area contributed by atoms with Gasteiger partial charge in [-0.3, -0.25) is 0 Å². The average molecular weight is 175 g/mol. The molecule has 0 bridgehead atoms. The molecule has 0 aliphatic carbocycles. The molecule has 1 radical (unpaired) electrons. The third kappa shape index (κ3) is 1.68. The van der Waals surface area contributed by atoms with Crippen molar-refractivity contribution in [3.05, 3.63) is 47.2 Å². The largest absolute Gasteiger partial charge is 0.217 e. The zero-order valence-electron chi connectivity index (χ0n) is 6.40. The maximum Gasteiger partial charge on any atom is 0.211 e. The molecule has 0 N–H and O–H groups in total. The Kier molecular flexibility index (Phi) is 2.14. The maximum absolute atomic E-state index is 3.99. The van der Waals surface area contributed by atoms with Crippen LogP contribution in [0.15, 0.2) is 30.3 Å². The van der Waals surface area contributed by atoms with Gasteiger partial charge < -0.3 is 0 Å². The molecule has 0 aliphatic heterocycles. The first-order valence-corrected chi connectivity index (χ1v) is 4.45. The van der Waals surface area contributed by atoms with Crippen molar-refractivity contribution < 1.29 is 0 Å². The van der Waals surface area contributed by atoms with Crippen LogP contribution in [0, 0.1) is 6.33 Å². The molecular weight excluding hydrogens is 168 g/mol. The van der Waals surface area contributed by atoms with E-state index in [2.05, 4.69) is 27.8 Å². The Balaban J connectivity index is 2.15. The molecule has 0 saturated carbocycles. The van der Waals surface area contributed by atoms with E-state index in [0.717, 1.165) is 11.4 Å². The number of hydrogen-bond donors (Lipinski definition) is 0. The summed E-state index contributed by atoms with van der Waals surface area (Å²) in [5.41, 5.74) is 1.27. The summed E-state index contributed by atoms with van der Waals surface area (Å²) >= 11 is 1.40. The molecule has 3 heteroatoms. The quantitative estimate of drug-likeness (QED) is 0.697. The van der Waals surface area contributed by atoms with Crippen LogP contribution in [0.25, 0.3) is 0 Å².